The van der Waals surface area contributed by atoms with E-state index in [2.05, 4.69) is 93.5 Å². The zero-order chi connectivity index (χ0) is 29.7. The van der Waals surface area contributed by atoms with E-state index in [1.54, 1.807) is 6.92 Å². The topological polar surface area (TPSA) is 54.4 Å². The number of hydrogen-bond acceptors (Lipinski definition) is 3. The van der Waals surface area contributed by atoms with Gasteiger partial charge in [-0.15, -0.1) is 0 Å². The molecule has 2 aromatic carbocycles. The van der Waals surface area contributed by atoms with E-state index in [1.165, 1.54) is 27.8 Å². The van der Waals surface area contributed by atoms with E-state index < -0.39 is 11.5 Å². The third-order valence-electron chi connectivity index (χ3n) is 12.1. The first-order valence-corrected chi connectivity index (χ1v) is 15.4. The van der Waals surface area contributed by atoms with Crippen molar-refractivity contribution in [2.75, 3.05) is 0 Å². The van der Waals surface area contributed by atoms with E-state index in [9.17, 15) is 14.7 Å². The number of ketones is 2. The monoisotopic (exact) mass is 542 g/mol. The molecule has 0 bridgehead atoms. The molecule has 2 fully saturated rings. The Kier molecular flexibility index (Phi) is 6.86. The first-order valence-electron chi connectivity index (χ1n) is 15.4. The molecule has 8 atom stereocenters. The first kappa shape index (κ1) is 29.2. The predicted molar refractivity (Wildman–Crippen MR) is 164 cm³/mol. The average molecular weight is 543 g/mol. The van der Waals surface area contributed by atoms with Crippen LogP contribution < -0.4 is 0 Å². The maximum absolute atomic E-state index is 14.9. The normalized spacial score (nSPS) is 37.1. The minimum Gasteiger partial charge on any atom is -0.392 e. The summed E-state index contributed by atoms with van der Waals surface area (Å²) < 4.78 is 0. The molecule has 0 radical (unpaired) electrons. The van der Waals surface area contributed by atoms with Crippen LogP contribution in [0.15, 0.2) is 24.3 Å². The molecule has 0 heterocycles. The summed E-state index contributed by atoms with van der Waals surface area (Å²) in [5, 5.41) is 11.9. The first-order chi connectivity index (χ1) is 18.5. The molecule has 1 N–H and O–H groups in total. The molecule has 3 aliphatic carbocycles. The molecule has 3 nitrogen and oxygen atoms in total. The molecule has 216 valence electrons. The number of rotatable bonds is 3. The lowest BCUT2D eigenvalue weighted by atomic mass is 9.36. The third-order valence-corrected chi connectivity index (χ3v) is 12.1. The van der Waals surface area contributed by atoms with E-state index in [0.717, 1.165) is 36.0 Å². The Balaban J connectivity index is 1.72. The van der Waals surface area contributed by atoms with Gasteiger partial charge in [0.05, 0.1) is 6.10 Å². The number of benzene rings is 2. The Labute approximate surface area is 242 Å². The zero-order valence-electron chi connectivity index (χ0n) is 26.7. The summed E-state index contributed by atoms with van der Waals surface area (Å²) in [6, 6.07) is 9.04. The van der Waals surface area contributed by atoms with E-state index >= 15 is 0 Å². The number of aliphatic hydroxyl groups excluding tert-OH is 1. The van der Waals surface area contributed by atoms with Gasteiger partial charge in [-0.05, 0) is 103 Å². The molecule has 2 aromatic rings. The maximum Gasteiger partial charge on any atom is 0.167 e. The second-order valence-corrected chi connectivity index (χ2v) is 15.3. The quantitative estimate of drug-likeness (QED) is 0.423. The Morgan fingerprint density at radius 1 is 1.00 bits per heavy atom. The average Bonchev–Trinajstić information content (AvgIpc) is 2.80. The number of Topliss-reactive ketones (excluding diaryl/α,β-unsaturated/α-hetero) is 2. The highest BCUT2D eigenvalue weighted by atomic mass is 16.3. The highest BCUT2D eigenvalue weighted by molar-refractivity contribution is 6.04. The lowest BCUT2D eigenvalue weighted by Gasteiger charge is -2.68. The number of carbonyl (C=O) groups is 2. The van der Waals surface area contributed by atoms with Crippen molar-refractivity contribution < 1.29 is 14.7 Å². The molecule has 3 heteroatoms. The Hall–Kier alpha value is -2.26. The van der Waals surface area contributed by atoms with Crippen LogP contribution >= 0.6 is 0 Å². The number of aryl methyl sites for hydroxylation is 2. The Morgan fingerprint density at radius 2 is 1.60 bits per heavy atom. The predicted octanol–water partition coefficient (Wildman–Crippen LogP) is 8.42. The second kappa shape index (κ2) is 9.38. The van der Waals surface area contributed by atoms with Gasteiger partial charge in [-0.25, -0.2) is 0 Å². The lowest BCUT2D eigenvalue weighted by molar-refractivity contribution is -0.224. The number of carbonyl (C=O) groups excluding carboxylic acids is 2. The van der Waals surface area contributed by atoms with Gasteiger partial charge in [0.25, 0.3) is 0 Å². The minimum absolute atomic E-state index is 0.0481. The summed E-state index contributed by atoms with van der Waals surface area (Å²) in [4.78, 5) is 27.7. The molecule has 0 aliphatic heterocycles. The summed E-state index contributed by atoms with van der Waals surface area (Å²) in [6.45, 7) is 23.7. The zero-order valence-corrected chi connectivity index (χ0v) is 26.7. The van der Waals surface area contributed by atoms with Gasteiger partial charge in [-0.3, -0.25) is 9.59 Å². The molecule has 5 rings (SSSR count). The molecule has 40 heavy (non-hydrogen) atoms. The molecule has 0 aromatic heterocycles. The van der Waals surface area contributed by atoms with Crippen LogP contribution in [0.4, 0.5) is 0 Å². The van der Waals surface area contributed by atoms with Gasteiger partial charge >= 0.3 is 0 Å². The van der Waals surface area contributed by atoms with Gasteiger partial charge < -0.3 is 5.11 Å². The van der Waals surface area contributed by atoms with Crippen LogP contribution in [0.2, 0.25) is 0 Å². The highest BCUT2D eigenvalue weighted by Crippen LogP contribution is 2.70. The molecule has 0 spiro atoms. The molecule has 0 saturated heterocycles. The van der Waals surface area contributed by atoms with Crippen LogP contribution in [-0.2, 0) is 11.2 Å². The van der Waals surface area contributed by atoms with Gasteiger partial charge in [0.1, 0.15) is 5.78 Å². The summed E-state index contributed by atoms with van der Waals surface area (Å²) in [5.74, 6) is 0.131. The smallest absolute Gasteiger partial charge is 0.167 e. The van der Waals surface area contributed by atoms with Crippen molar-refractivity contribution in [3.8, 4) is 11.1 Å². The van der Waals surface area contributed by atoms with Gasteiger partial charge in [0, 0.05) is 22.8 Å². The lowest BCUT2D eigenvalue weighted by Crippen LogP contribution is -2.68. The van der Waals surface area contributed by atoms with E-state index in [1.807, 2.05) is 0 Å². The van der Waals surface area contributed by atoms with Gasteiger partial charge in [-0.1, -0.05) is 83.9 Å². The van der Waals surface area contributed by atoms with Crippen molar-refractivity contribution in [3.05, 3.63) is 57.6 Å². The SMILES string of the molecule is CC(=O)C1C(C)CC2(C)CC3(C)Cc4c(C(C)C)cc(-c5cc(C)cc(C)c5)c(C)c4C(=O)C3C(C)C2(C)C1O. The molecule has 3 aliphatic rings. The van der Waals surface area contributed by atoms with Crippen LogP contribution in [0.5, 0.6) is 0 Å². The highest BCUT2D eigenvalue weighted by Gasteiger charge is 2.69. The van der Waals surface area contributed by atoms with Crippen molar-refractivity contribution in [1.82, 2.24) is 0 Å². The summed E-state index contributed by atoms with van der Waals surface area (Å²) >= 11 is 0. The van der Waals surface area contributed by atoms with Crippen LogP contribution in [0.1, 0.15) is 112 Å². The molecular formula is C37H50O3. The van der Waals surface area contributed by atoms with Gasteiger partial charge in [0.2, 0.25) is 0 Å². The fraction of sp³-hybridized carbons (Fsp3) is 0.622. The van der Waals surface area contributed by atoms with E-state index in [-0.39, 0.29) is 46.1 Å². The van der Waals surface area contributed by atoms with Crippen molar-refractivity contribution in [3.63, 3.8) is 0 Å². The van der Waals surface area contributed by atoms with Crippen molar-refractivity contribution in [2.45, 2.75) is 107 Å². The van der Waals surface area contributed by atoms with Crippen molar-refractivity contribution in [1.29, 1.82) is 0 Å². The molecular weight excluding hydrogens is 492 g/mol. The number of fused-ring (bicyclic) bond motifs is 3. The van der Waals surface area contributed by atoms with Crippen molar-refractivity contribution >= 4 is 11.6 Å². The van der Waals surface area contributed by atoms with E-state index in [4.69, 9.17) is 0 Å². The minimum atomic E-state index is -0.749. The van der Waals surface area contributed by atoms with Crippen LogP contribution in [0, 0.1) is 60.7 Å². The fourth-order valence-electron chi connectivity index (χ4n) is 10.4. The second-order valence-electron chi connectivity index (χ2n) is 15.3. The molecule has 8 unspecified atom stereocenters. The summed E-state index contributed by atoms with van der Waals surface area (Å²) in [5.41, 5.74) is 8.46. The fourth-order valence-corrected chi connectivity index (χ4v) is 10.4. The van der Waals surface area contributed by atoms with E-state index in [0.29, 0.717) is 5.92 Å². The summed E-state index contributed by atoms with van der Waals surface area (Å²) in [7, 11) is 0. The molecule has 0 amide bonds. The molecule has 2 saturated carbocycles. The van der Waals surface area contributed by atoms with Crippen molar-refractivity contribution in [2.24, 2.45) is 39.9 Å². The summed E-state index contributed by atoms with van der Waals surface area (Å²) in [6.07, 6.45) is 1.93. The van der Waals surface area contributed by atoms with Crippen LogP contribution in [0.25, 0.3) is 11.1 Å². The Morgan fingerprint density at radius 3 is 2.15 bits per heavy atom. The largest absolute Gasteiger partial charge is 0.392 e. The maximum atomic E-state index is 14.9. The number of aliphatic hydroxyl groups is 1. The van der Waals surface area contributed by atoms with Gasteiger partial charge in [0.15, 0.2) is 5.78 Å². The van der Waals surface area contributed by atoms with Crippen LogP contribution in [-0.4, -0.2) is 22.8 Å². The van der Waals surface area contributed by atoms with Crippen LogP contribution in [0.3, 0.4) is 0 Å². The van der Waals surface area contributed by atoms with Gasteiger partial charge in [-0.2, -0.15) is 0 Å². The Bertz CT molecular complexity index is 1380. The number of hydrogen-bond donors (Lipinski definition) is 1. The standard InChI is InChI=1S/C37H50O3/c1-19(2)27-15-28(26-13-20(3)12-21(4)14-26)23(6)31-29(27)17-35(9)18-36(10)16-22(5)30(25(8)38)34(40)37(36,11)24(7)32(35)33(31)39/h12-15,19,22,24,30,32,34,40H,16-18H2,1-11H3. The third kappa shape index (κ3) is 3.93.